The van der Waals surface area contributed by atoms with Crippen molar-refractivity contribution in [2.24, 2.45) is 0 Å². The first-order valence-corrected chi connectivity index (χ1v) is 5.21. The lowest BCUT2D eigenvalue weighted by Crippen LogP contribution is -2.21. The lowest BCUT2D eigenvalue weighted by atomic mass is 10.4. The van der Waals surface area contributed by atoms with Crippen LogP contribution in [0.3, 0.4) is 0 Å². The van der Waals surface area contributed by atoms with Gasteiger partial charge in [0.25, 0.3) is 0 Å². The molecule has 1 rings (SSSR count). The number of aromatic nitrogens is 1. The molecule has 0 radical (unpaired) electrons. The Kier molecular flexibility index (Phi) is 5.69. The smallest absolute Gasteiger partial charge is 0.477 e. The summed E-state index contributed by atoms with van der Waals surface area (Å²) >= 11 is 6.26. The van der Waals surface area contributed by atoms with Gasteiger partial charge in [-0.1, -0.05) is 0 Å². The zero-order valence-electron chi connectivity index (χ0n) is 7.68. The van der Waals surface area contributed by atoms with Crippen molar-refractivity contribution in [1.82, 2.24) is 4.98 Å². The molecule has 0 aliphatic carbocycles. The number of aromatic carboxylic acids is 1. The van der Waals surface area contributed by atoms with E-state index in [-0.39, 0.29) is 5.69 Å². The lowest BCUT2D eigenvalue weighted by molar-refractivity contribution is -0.192. The molecule has 0 fully saturated rings. The highest BCUT2D eigenvalue weighted by Gasteiger charge is 2.38. The largest absolute Gasteiger partial charge is 0.490 e. The zero-order valence-corrected chi connectivity index (χ0v) is 10.9. The van der Waals surface area contributed by atoms with Crippen molar-refractivity contribution < 1.29 is 33.0 Å². The number of aromatic amines is 1. The van der Waals surface area contributed by atoms with E-state index in [1.165, 1.54) is 6.07 Å². The van der Waals surface area contributed by atoms with Crippen LogP contribution in [-0.2, 0) is 4.79 Å². The van der Waals surface area contributed by atoms with Gasteiger partial charge in [-0.25, -0.2) is 9.59 Å². The molecular weight excluding hydrogens is 379 g/mol. The second-order valence-corrected chi connectivity index (χ2v) is 4.10. The molecule has 0 amide bonds. The molecule has 3 N–H and O–H groups in total. The number of carbonyl (C=O) groups is 2. The van der Waals surface area contributed by atoms with Crippen LogP contribution in [0.4, 0.5) is 13.2 Å². The molecule has 0 aliphatic heterocycles. The fraction of sp³-hybridized carbons (Fsp3) is 0.143. The summed E-state index contributed by atoms with van der Waals surface area (Å²) in [5, 5.41) is 15.6. The van der Waals surface area contributed by atoms with Gasteiger partial charge in [-0.2, -0.15) is 13.2 Å². The van der Waals surface area contributed by atoms with E-state index in [0.717, 1.165) is 0 Å². The second-order valence-electron chi connectivity index (χ2n) is 2.45. The molecule has 0 spiro atoms. The van der Waals surface area contributed by atoms with Gasteiger partial charge in [0, 0.05) is 0 Å². The quantitative estimate of drug-likeness (QED) is 0.696. The number of rotatable bonds is 1. The third-order valence-electron chi connectivity index (χ3n) is 1.20. The number of carboxylic acids is 2. The van der Waals surface area contributed by atoms with Gasteiger partial charge in [0.05, 0.1) is 9.08 Å². The zero-order chi connectivity index (χ0) is 13.8. The van der Waals surface area contributed by atoms with Gasteiger partial charge in [0.2, 0.25) is 0 Å². The minimum atomic E-state index is -5.08. The van der Waals surface area contributed by atoms with Gasteiger partial charge in [-0.3, -0.25) is 0 Å². The summed E-state index contributed by atoms with van der Waals surface area (Å²) in [5.41, 5.74) is 0.166. The van der Waals surface area contributed by atoms with Gasteiger partial charge < -0.3 is 15.2 Å². The van der Waals surface area contributed by atoms with Crippen molar-refractivity contribution in [2.45, 2.75) is 6.18 Å². The molecule has 1 aromatic rings. The van der Waals surface area contributed by atoms with Crippen molar-refractivity contribution in [3.63, 3.8) is 0 Å². The Hall–Kier alpha value is -1.03. The number of H-pyrrole nitrogens is 1. The lowest BCUT2D eigenvalue weighted by Gasteiger charge is -1.93. The van der Waals surface area contributed by atoms with Gasteiger partial charge >= 0.3 is 18.1 Å². The SMILES string of the molecule is O=C(O)C(F)(F)F.O=C(O)c1cc(Br)c(Br)[nH]1. The standard InChI is InChI=1S/C5H3Br2NO2.C2HF3O2/c6-2-1-3(5(9)10)8-4(2)7;3-2(4,5)1(6)7/h1,8H,(H,9,10);(H,6,7). The van der Waals surface area contributed by atoms with E-state index < -0.39 is 18.1 Å². The number of halogens is 5. The number of hydrogen-bond donors (Lipinski definition) is 3. The maximum atomic E-state index is 10.6. The van der Waals surface area contributed by atoms with Gasteiger partial charge in [-0.15, -0.1) is 0 Å². The molecule has 0 bridgehead atoms. The van der Waals surface area contributed by atoms with Crippen LogP contribution in [0.1, 0.15) is 10.5 Å². The molecule has 0 aliphatic rings. The Morgan fingerprint density at radius 1 is 1.24 bits per heavy atom. The minimum Gasteiger partial charge on any atom is -0.477 e. The molecule has 96 valence electrons. The summed E-state index contributed by atoms with van der Waals surface area (Å²) in [4.78, 5) is 21.8. The summed E-state index contributed by atoms with van der Waals surface area (Å²) in [6.07, 6.45) is -5.08. The highest BCUT2D eigenvalue weighted by molar-refractivity contribution is 9.13. The summed E-state index contributed by atoms with van der Waals surface area (Å²) < 4.78 is 33.1. The van der Waals surface area contributed by atoms with Crippen molar-refractivity contribution >= 4 is 43.8 Å². The van der Waals surface area contributed by atoms with E-state index in [1.807, 2.05) is 0 Å². The van der Waals surface area contributed by atoms with E-state index in [2.05, 4.69) is 36.8 Å². The van der Waals surface area contributed by atoms with Crippen molar-refractivity contribution in [3.05, 3.63) is 20.8 Å². The highest BCUT2D eigenvalue weighted by atomic mass is 79.9. The van der Waals surface area contributed by atoms with Gasteiger partial charge in [-0.05, 0) is 37.9 Å². The molecule has 0 atom stereocenters. The fourth-order valence-electron chi connectivity index (χ4n) is 0.519. The Bertz CT molecular complexity index is 410. The van der Waals surface area contributed by atoms with Crippen molar-refractivity contribution in [1.29, 1.82) is 0 Å². The number of hydrogen-bond acceptors (Lipinski definition) is 2. The molecule has 1 heterocycles. The highest BCUT2D eigenvalue weighted by Crippen LogP contribution is 2.22. The minimum absolute atomic E-state index is 0.166. The van der Waals surface area contributed by atoms with E-state index in [1.54, 1.807) is 0 Å². The van der Waals surface area contributed by atoms with E-state index in [9.17, 15) is 18.0 Å². The van der Waals surface area contributed by atoms with Crippen LogP contribution in [-0.4, -0.2) is 33.3 Å². The first kappa shape index (κ1) is 16.0. The molecule has 0 aromatic carbocycles. The number of alkyl halides is 3. The summed E-state index contributed by atoms with van der Waals surface area (Å²) in [5.74, 6) is -3.72. The summed E-state index contributed by atoms with van der Waals surface area (Å²) in [6, 6.07) is 1.49. The van der Waals surface area contributed by atoms with E-state index >= 15 is 0 Å². The van der Waals surface area contributed by atoms with Crippen LogP contribution in [0.5, 0.6) is 0 Å². The Balaban J connectivity index is 0.000000325. The van der Waals surface area contributed by atoms with Crippen LogP contribution in [0.2, 0.25) is 0 Å². The first-order valence-electron chi connectivity index (χ1n) is 3.63. The molecule has 17 heavy (non-hydrogen) atoms. The molecule has 0 saturated carbocycles. The Labute approximate surface area is 109 Å². The summed E-state index contributed by atoms with van der Waals surface area (Å²) in [7, 11) is 0. The van der Waals surface area contributed by atoms with Crippen molar-refractivity contribution in [2.75, 3.05) is 0 Å². The average molecular weight is 383 g/mol. The van der Waals surface area contributed by atoms with Crippen LogP contribution >= 0.6 is 31.9 Å². The van der Waals surface area contributed by atoms with Gasteiger partial charge in [0.15, 0.2) is 0 Å². The third kappa shape index (κ3) is 5.73. The Morgan fingerprint density at radius 3 is 1.76 bits per heavy atom. The predicted octanol–water partition coefficient (Wildman–Crippen LogP) is 2.87. The molecule has 1 aromatic heterocycles. The first-order chi connectivity index (χ1) is 7.55. The molecule has 0 saturated heterocycles. The van der Waals surface area contributed by atoms with E-state index in [4.69, 9.17) is 15.0 Å². The van der Waals surface area contributed by atoms with Gasteiger partial charge in [0.1, 0.15) is 5.69 Å². The maximum absolute atomic E-state index is 10.6. The van der Waals surface area contributed by atoms with Crippen LogP contribution < -0.4 is 0 Å². The Morgan fingerprint density at radius 2 is 1.65 bits per heavy atom. The molecule has 5 nitrogen and oxygen atoms in total. The molecular formula is C7H4Br2F3NO4. The predicted molar refractivity (Wildman–Crippen MR) is 56.8 cm³/mol. The number of carboxylic acid groups (broad SMARTS) is 2. The third-order valence-corrected chi connectivity index (χ3v) is 2.98. The molecule has 0 unspecified atom stereocenters. The van der Waals surface area contributed by atoms with E-state index in [0.29, 0.717) is 9.08 Å². The fourth-order valence-corrected chi connectivity index (χ4v) is 1.18. The monoisotopic (exact) mass is 381 g/mol. The van der Waals surface area contributed by atoms with Crippen LogP contribution in [0, 0.1) is 0 Å². The molecule has 10 heteroatoms. The topological polar surface area (TPSA) is 90.4 Å². The maximum Gasteiger partial charge on any atom is 0.490 e. The second kappa shape index (κ2) is 6.05. The summed E-state index contributed by atoms with van der Waals surface area (Å²) in [6.45, 7) is 0. The van der Waals surface area contributed by atoms with Crippen molar-refractivity contribution in [3.8, 4) is 0 Å². The van der Waals surface area contributed by atoms with Crippen LogP contribution in [0.15, 0.2) is 15.1 Å². The normalized spacial score (nSPS) is 10.4. The number of aliphatic carboxylic acids is 1. The average Bonchev–Trinajstić information content (AvgIpc) is 2.46. The van der Waals surface area contributed by atoms with Crippen LogP contribution in [0.25, 0.3) is 0 Å². The number of nitrogens with one attached hydrogen (secondary N) is 1.